The minimum absolute atomic E-state index is 0.104. The van der Waals surface area contributed by atoms with Gasteiger partial charge in [0, 0.05) is 18.5 Å². The summed E-state index contributed by atoms with van der Waals surface area (Å²) in [5.41, 5.74) is 0.362. The molecule has 92 valence electrons. The van der Waals surface area contributed by atoms with Gasteiger partial charge in [-0.1, -0.05) is 6.92 Å². The lowest BCUT2D eigenvalue weighted by atomic mass is 10.3. The van der Waals surface area contributed by atoms with E-state index < -0.39 is 11.2 Å². The van der Waals surface area contributed by atoms with Gasteiger partial charge in [0.1, 0.15) is 0 Å². The van der Waals surface area contributed by atoms with Crippen molar-refractivity contribution in [3.05, 3.63) is 15.6 Å². The first-order valence-corrected chi connectivity index (χ1v) is 5.56. The van der Waals surface area contributed by atoms with Gasteiger partial charge in [0.05, 0.1) is 12.3 Å². The first kappa shape index (κ1) is 13.4. The van der Waals surface area contributed by atoms with E-state index in [1.807, 2.05) is 6.92 Å². The van der Waals surface area contributed by atoms with Gasteiger partial charge in [-0.3, -0.25) is 0 Å². The van der Waals surface area contributed by atoms with Crippen LogP contribution in [0.4, 0.5) is 13.2 Å². The lowest BCUT2D eigenvalue weighted by molar-refractivity contribution is -0.137. The van der Waals surface area contributed by atoms with Crippen LogP contribution in [0.1, 0.15) is 22.5 Å². The van der Waals surface area contributed by atoms with Crippen LogP contribution in [0.25, 0.3) is 0 Å². The number of hydrogen-bond acceptors (Lipinski definition) is 4. The van der Waals surface area contributed by atoms with Gasteiger partial charge < -0.3 is 10.1 Å². The molecule has 1 heterocycles. The van der Waals surface area contributed by atoms with Crippen molar-refractivity contribution >= 4 is 11.3 Å². The summed E-state index contributed by atoms with van der Waals surface area (Å²) in [5, 5.41) is 2.16. The molecule has 7 heteroatoms. The Bertz CT molecular complexity index is 338. The van der Waals surface area contributed by atoms with Crippen LogP contribution in [0.2, 0.25) is 0 Å². The van der Waals surface area contributed by atoms with Gasteiger partial charge in [0.15, 0.2) is 5.01 Å². The maximum Gasteiger partial charge on any atom is 0.443 e. The van der Waals surface area contributed by atoms with Gasteiger partial charge in [-0.05, 0) is 6.54 Å². The molecule has 0 radical (unpaired) electrons. The first-order chi connectivity index (χ1) is 7.49. The zero-order valence-corrected chi connectivity index (χ0v) is 9.84. The summed E-state index contributed by atoms with van der Waals surface area (Å²) in [6.45, 7) is 3.09. The van der Waals surface area contributed by atoms with E-state index in [0.717, 1.165) is 0 Å². The Kier molecular flexibility index (Phi) is 4.69. The van der Waals surface area contributed by atoms with E-state index >= 15 is 0 Å². The monoisotopic (exact) mass is 254 g/mol. The summed E-state index contributed by atoms with van der Waals surface area (Å²) < 4.78 is 42.1. The molecule has 3 nitrogen and oxygen atoms in total. The Morgan fingerprint density at radius 3 is 2.62 bits per heavy atom. The first-order valence-electron chi connectivity index (χ1n) is 4.74. The number of halogens is 3. The molecule has 1 rings (SSSR count). The van der Waals surface area contributed by atoms with Crippen molar-refractivity contribution in [2.45, 2.75) is 26.3 Å². The third-order valence-corrected chi connectivity index (χ3v) is 2.98. The standard InChI is InChI=1S/C9H13F3N2OS/c1-3-13-4-7-6(5-15-2)14-8(16-7)9(10,11)12/h13H,3-5H2,1-2H3. The zero-order chi connectivity index (χ0) is 12.2. The SMILES string of the molecule is CCNCc1sc(C(F)(F)F)nc1COC. The van der Waals surface area contributed by atoms with Crippen molar-refractivity contribution in [3.8, 4) is 0 Å². The maximum atomic E-state index is 12.4. The number of nitrogens with zero attached hydrogens (tertiary/aromatic N) is 1. The molecule has 0 saturated heterocycles. The third-order valence-electron chi connectivity index (χ3n) is 1.84. The highest BCUT2D eigenvalue weighted by molar-refractivity contribution is 7.11. The van der Waals surface area contributed by atoms with E-state index in [2.05, 4.69) is 10.3 Å². The normalized spacial score (nSPS) is 12.1. The average molecular weight is 254 g/mol. The highest BCUT2D eigenvalue weighted by atomic mass is 32.1. The highest BCUT2D eigenvalue weighted by Gasteiger charge is 2.35. The molecule has 0 aliphatic heterocycles. The van der Waals surface area contributed by atoms with Gasteiger partial charge in [-0.2, -0.15) is 13.2 Å². The summed E-state index contributed by atoms with van der Waals surface area (Å²) in [4.78, 5) is 4.13. The van der Waals surface area contributed by atoms with E-state index in [0.29, 0.717) is 35.0 Å². The average Bonchev–Trinajstić information content (AvgIpc) is 2.58. The minimum Gasteiger partial charge on any atom is -0.378 e. The Hall–Kier alpha value is -0.660. The van der Waals surface area contributed by atoms with Crippen molar-refractivity contribution in [3.63, 3.8) is 0 Å². The van der Waals surface area contributed by atoms with Gasteiger partial charge in [0.2, 0.25) is 0 Å². The van der Waals surface area contributed by atoms with Crippen LogP contribution in [0.3, 0.4) is 0 Å². The minimum atomic E-state index is -4.38. The van der Waals surface area contributed by atoms with Gasteiger partial charge in [-0.15, -0.1) is 11.3 Å². The Balaban J connectivity index is 2.90. The summed E-state index contributed by atoms with van der Waals surface area (Å²) in [7, 11) is 1.43. The van der Waals surface area contributed by atoms with Gasteiger partial charge in [-0.25, -0.2) is 4.98 Å². The molecule has 1 aromatic heterocycles. The third kappa shape index (κ3) is 3.43. The fourth-order valence-corrected chi connectivity index (χ4v) is 2.03. The zero-order valence-electron chi connectivity index (χ0n) is 9.02. The predicted octanol–water partition coefficient (Wildman–Crippen LogP) is 2.42. The largest absolute Gasteiger partial charge is 0.443 e. The van der Waals surface area contributed by atoms with Crippen molar-refractivity contribution in [2.24, 2.45) is 0 Å². The molecular formula is C9H13F3N2OS. The van der Waals surface area contributed by atoms with Crippen LogP contribution in [-0.2, 0) is 24.1 Å². The lowest BCUT2D eigenvalue weighted by Crippen LogP contribution is -2.12. The number of hydrogen-bond donors (Lipinski definition) is 1. The molecule has 1 N–H and O–H groups in total. The van der Waals surface area contributed by atoms with E-state index in [9.17, 15) is 13.2 Å². The Morgan fingerprint density at radius 1 is 1.44 bits per heavy atom. The molecule has 16 heavy (non-hydrogen) atoms. The van der Waals surface area contributed by atoms with E-state index in [1.165, 1.54) is 7.11 Å². The Labute approximate surface area is 95.6 Å². The van der Waals surface area contributed by atoms with Gasteiger partial charge in [0.25, 0.3) is 0 Å². The number of alkyl halides is 3. The molecule has 0 unspecified atom stereocenters. The molecule has 0 aromatic carbocycles. The second-order valence-corrected chi connectivity index (χ2v) is 4.18. The maximum absolute atomic E-state index is 12.4. The second-order valence-electron chi connectivity index (χ2n) is 3.10. The number of rotatable bonds is 5. The van der Waals surface area contributed by atoms with Crippen molar-refractivity contribution in [1.29, 1.82) is 0 Å². The molecule has 1 aromatic rings. The van der Waals surface area contributed by atoms with Crippen LogP contribution >= 0.6 is 11.3 Å². The molecule has 0 spiro atoms. The second kappa shape index (κ2) is 5.60. The molecule has 0 aliphatic carbocycles. The molecule has 0 amide bonds. The van der Waals surface area contributed by atoms with Crippen LogP contribution < -0.4 is 5.32 Å². The molecule has 0 saturated carbocycles. The molecule has 0 atom stereocenters. The van der Waals surface area contributed by atoms with Crippen LogP contribution in [0.15, 0.2) is 0 Å². The van der Waals surface area contributed by atoms with Gasteiger partial charge >= 0.3 is 6.18 Å². The molecule has 0 fully saturated rings. The quantitative estimate of drug-likeness (QED) is 0.876. The van der Waals surface area contributed by atoms with E-state index in [-0.39, 0.29) is 6.61 Å². The number of thiazole rings is 1. The smallest absolute Gasteiger partial charge is 0.378 e. The van der Waals surface area contributed by atoms with Crippen molar-refractivity contribution < 1.29 is 17.9 Å². The van der Waals surface area contributed by atoms with Crippen LogP contribution in [-0.4, -0.2) is 18.6 Å². The Morgan fingerprint density at radius 2 is 2.12 bits per heavy atom. The predicted molar refractivity (Wildman–Crippen MR) is 55.2 cm³/mol. The van der Waals surface area contributed by atoms with Crippen LogP contribution in [0.5, 0.6) is 0 Å². The highest BCUT2D eigenvalue weighted by Crippen LogP contribution is 2.34. The lowest BCUT2D eigenvalue weighted by Gasteiger charge is -2.00. The number of nitrogens with one attached hydrogen (secondary N) is 1. The summed E-state index contributed by atoms with van der Waals surface area (Å²) in [6.07, 6.45) is -4.38. The van der Waals surface area contributed by atoms with E-state index in [4.69, 9.17) is 4.74 Å². The fourth-order valence-electron chi connectivity index (χ4n) is 1.13. The van der Waals surface area contributed by atoms with Crippen molar-refractivity contribution in [1.82, 2.24) is 10.3 Å². The summed E-state index contributed by atoms with van der Waals surface area (Å²) in [5.74, 6) is 0. The fraction of sp³-hybridized carbons (Fsp3) is 0.667. The van der Waals surface area contributed by atoms with Crippen molar-refractivity contribution in [2.75, 3.05) is 13.7 Å². The number of aromatic nitrogens is 1. The topological polar surface area (TPSA) is 34.2 Å². The molecular weight excluding hydrogens is 241 g/mol. The summed E-state index contributed by atoms with van der Waals surface area (Å²) in [6, 6.07) is 0. The molecule has 0 aliphatic rings. The van der Waals surface area contributed by atoms with Crippen LogP contribution in [0, 0.1) is 0 Å². The number of methoxy groups -OCH3 is 1. The number of ether oxygens (including phenoxy) is 1. The molecule has 0 bridgehead atoms. The summed E-state index contributed by atoms with van der Waals surface area (Å²) >= 11 is 0.668. The van der Waals surface area contributed by atoms with E-state index in [1.54, 1.807) is 0 Å².